The maximum Gasteiger partial charge on any atom is 0.241 e. The van der Waals surface area contributed by atoms with Crippen LogP contribution in [0.2, 0.25) is 0 Å². The minimum absolute atomic E-state index is 0.169. The molecule has 0 saturated heterocycles. The molecule has 0 unspecified atom stereocenters. The number of hydrogen-bond donors (Lipinski definition) is 4. The molecular weight excluding hydrogens is 474 g/mol. The van der Waals surface area contributed by atoms with Gasteiger partial charge in [0.25, 0.3) is 0 Å². The summed E-state index contributed by atoms with van der Waals surface area (Å²) >= 11 is 0. The highest BCUT2D eigenvalue weighted by molar-refractivity contribution is 7.89. The number of benzene rings is 2. The lowest BCUT2D eigenvalue weighted by molar-refractivity contribution is 0.491. The lowest BCUT2D eigenvalue weighted by Gasteiger charge is -2.21. The minimum atomic E-state index is -3.71. The smallest absolute Gasteiger partial charge is 0.241 e. The van der Waals surface area contributed by atoms with Gasteiger partial charge in [-0.3, -0.25) is 0 Å². The summed E-state index contributed by atoms with van der Waals surface area (Å²) in [6, 6.07) is 12.8. The number of nitrogens with two attached hydrogens (primary N) is 1. The molecule has 0 radical (unpaired) electrons. The SMILES string of the molecule is C=C(NC=C(C)C(N)=Nc1ccc(C)c(S(=O)(=O)NC(C)(C)C)c1)Nc1ccc(-n2ccnc2)cc1. The zero-order valence-electron chi connectivity index (χ0n) is 21.2. The molecule has 36 heavy (non-hydrogen) atoms. The first-order chi connectivity index (χ1) is 16.8. The van der Waals surface area contributed by atoms with Crippen molar-refractivity contribution < 1.29 is 8.42 Å². The average Bonchev–Trinajstić information content (AvgIpc) is 3.32. The van der Waals surface area contributed by atoms with Crippen LogP contribution < -0.4 is 21.1 Å². The van der Waals surface area contributed by atoms with E-state index in [-0.39, 0.29) is 10.7 Å². The number of anilines is 1. The fourth-order valence-corrected chi connectivity index (χ4v) is 4.93. The van der Waals surface area contributed by atoms with E-state index in [4.69, 9.17) is 5.73 Å². The Morgan fingerprint density at radius 1 is 1.17 bits per heavy atom. The van der Waals surface area contributed by atoms with Gasteiger partial charge in [0.1, 0.15) is 5.84 Å². The zero-order chi connectivity index (χ0) is 26.5. The molecule has 9 nitrogen and oxygen atoms in total. The van der Waals surface area contributed by atoms with E-state index in [1.165, 1.54) is 6.07 Å². The first-order valence-electron chi connectivity index (χ1n) is 11.3. The van der Waals surface area contributed by atoms with E-state index in [2.05, 4.69) is 31.9 Å². The number of nitrogens with zero attached hydrogens (tertiary/aromatic N) is 3. The molecule has 5 N–H and O–H groups in total. The van der Waals surface area contributed by atoms with E-state index in [1.807, 2.05) is 35.0 Å². The largest absolute Gasteiger partial charge is 0.383 e. The van der Waals surface area contributed by atoms with E-state index >= 15 is 0 Å². The number of aliphatic imine (C=N–C) groups is 1. The molecule has 3 aromatic rings. The standard InChI is InChI=1S/C26H33N7O2S/c1-18-7-8-22(15-24(18)36(34,35)32-26(4,5)6)31-25(27)19(2)16-29-20(3)30-21-9-11-23(12-10-21)33-14-13-28-17-33/h7-17,29-30,32H,3H2,1-2,4-6H3,(H2,27,31). The van der Waals surface area contributed by atoms with Gasteiger partial charge in [-0.2, -0.15) is 0 Å². The van der Waals surface area contributed by atoms with Gasteiger partial charge in [-0.05, 0) is 76.6 Å². The molecule has 0 aliphatic rings. The summed E-state index contributed by atoms with van der Waals surface area (Å²) in [5.74, 6) is 0.797. The molecule has 0 aliphatic carbocycles. The Labute approximate surface area is 212 Å². The molecule has 0 aliphatic heterocycles. The lowest BCUT2D eigenvalue weighted by atomic mass is 10.1. The van der Waals surface area contributed by atoms with Gasteiger partial charge >= 0.3 is 0 Å². The summed E-state index contributed by atoms with van der Waals surface area (Å²) in [6.45, 7) is 12.9. The fourth-order valence-electron chi connectivity index (χ4n) is 3.24. The van der Waals surface area contributed by atoms with Gasteiger partial charge in [-0.1, -0.05) is 12.6 Å². The number of sulfonamides is 1. The van der Waals surface area contributed by atoms with E-state index in [0.29, 0.717) is 22.6 Å². The Morgan fingerprint density at radius 3 is 2.47 bits per heavy atom. The summed E-state index contributed by atoms with van der Waals surface area (Å²) in [4.78, 5) is 8.62. The van der Waals surface area contributed by atoms with Crippen LogP contribution in [0, 0.1) is 6.92 Å². The lowest BCUT2D eigenvalue weighted by Crippen LogP contribution is -2.40. The topological polar surface area (TPSA) is 126 Å². The van der Waals surface area contributed by atoms with Crippen LogP contribution in [0.15, 0.2) is 95.2 Å². The van der Waals surface area contributed by atoms with Gasteiger partial charge in [0.05, 0.1) is 22.7 Å². The predicted octanol–water partition coefficient (Wildman–Crippen LogP) is 4.32. The van der Waals surface area contributed by atoms with Crippen LogP contribution in [-0.2, 0) is 10.0 Å². The van der Waals surface area contributed by atoms with Crippen molar-refractivity contribution in [3.8, 4) is 5.69 Å². The van der Waals surface area contributed by atoms with Crippen molar-refractivity contribution in [3.05, 3.63) is 90.9 Å². The number of aromatic nitrogens is 2. The molecule has 0 fully saturated rings. The van der Waals surface area contributed by atoms with Crippen LogP contribution in [-0.4, -0.2) is 29.3 Å². The third-order valence-electron chi connectivity index (χ3n) is 4.98. The van der Waals surface area contributed by atoms with Crippen molar-refractivity contribution in [2.45, 2.75) is 45.1 Å². The predicted molar refractivity (Wildman–Crippen MR) is 146 cm³/mol. The number of nitrogens with one attached hydrogen (secondary N) is 3. The maximum atomic E-state index is 12.8. The van der Waals surface area contributed by atoms with Crippen molar-refractivity contribution >= 4 is 27.2 Å². The van der Waals surface area contributed by atoms with Gasteiger partial charge in [0.2, 0.25) is 10.0 Å². The molecule has 0 saturated carbocycles. The molecule has 1 aromatic heterocycles. The zero-order valence-corrected chi connectivity index (χ0v) is 22.0. The normalized spacial score (nSPS) is 12.9. The highest BCUT2D eigenvalue weighted by Gasteiger charge is 2.23. The van der Waals surface area contributed by atoms with Crippen LogP contribution in [0.5, 0.6) is 0 Å². The second kappa shape index (κ2) is 10.8. The maximum absolute atomic E-state index is 12.8. The molecule has 10 heteroatoms. The Kier molecular flexibility index (Phi) is 8.01. The number of aryl methyl sites for hydroxylation is 1. The van der Waals surface area contributed by atoms with Gasteiger partial charge in [-0.25, -0.2) is 23.1 Å². The van der Waals surface area contributed by atoms with E-state index in [0.717, 1.165) is 11.4 Å². The summed E-state index contributed by atoms with van der Waals surface area (Å²) in [7, 11) is -3.71. The van der Waals surface area contributed by atoms with Crippen molar-refractivity contribution in [1.82, 2.24) is 19.6 Å². The second-order valence-corrected chi connectivity index (χ2v) is 11.0. The highest BCUT2D eigenvalue weighted by atomic mass is 32.2. The number of rotatable bonds is 9. The summed E-state index contributed by atoms with van der Waals surface area (Å²) in [6.07, 6.45) is 7.02. The van der Waals surface area contributed by atoms with Gasteiger partial charge in [0.15, 0.2) is 0 Å². The molecule has 0 atom stereocenters. The summed E-state index contributed by atoms with van der Waals surface area (Å²) in [5, 5.41) is 6.24. The van der Waals surface area contributed by atoms with Crippen LogP contribution in [0.4, 0.5) is 11.4 Å². The van der Waals surface area contributed by atoms with E-state index < -0.39 is 15.6 Å². The Balaban J connectivity index is 1.67. The van der Waals surface area contributed by atoms with Crippen molar-refractivity contribution in [3.63, 3.8) is 0 Å². The highest BCUT2D eigenvalue weighted by Crippen LogP contribution is 2.24. The van der Waals surface area contributed by atoms with Gasteiger partial charge < -0.3 is 20.9 Å². The number of imidazole rings is 1. The average molecular weight is 508 g/mol. The molecule has 3 rings (SSSR count). The van der Waals surface area contributed by atoms with Crippen molar-refractivity contribution in [1.29, 1.82) is 0 Å². The molecule has 2 aromatic carbocycles. The number of hydrogen-bond acceptors (Lipinski definition) is 6. The van der Waals surface area contributed by atoms with Crippen molar-refractivity contribution in [2.75, 3.05) is 5.32 Å². The van der Waals surface area contributed by atoms with Crippen LogP contribution in [0.3, 0.4) is 0 Å². The fraction of sp³-hybridized carbons (Fsp3) is 0.231. The van der Waals surface area contributed by atoms with E-state index in [9.17, 15) is 8.42 Å². The monoisotopic (exact) mass is 507 g/mol. The second-order valence-electron chi connectivity index (χ2n) is 9.39. The van der Waals surface area contributed by atoms with Gasteiger partial charge in [-0.15, -0.1) is 0 Å². The van der Waals surface area contributed by atoms with E-state index in [1.54, 1.807) is 65.5 Å². The third kappa shape index (κ3) is 7.30. The van der Waals surface area contributed by atoms with Crippen LogP contribution in [0.1, 0.15) is 33.3 Å². The Morgan fingerprint density at radius 2 is 1.86 bits per heavy atom. The summed E-state index contributed by atoms with van der Waals surface area (Å²) in [5.41, 5.74) is 9.15. The molecule has 0 amide bonds. The van der Waals surface area contributed by atoms with Crippen molar-refractivity contribution in [2.24, 2.45) is 10.7 Å². The first kappa shape index (κ1) is 26.7. The van der Waals surface area contributed by atoms with Crippen LogP contribution >= 0.6 is 0 Å². The van der Waals surface area contributed by atoms with Crippen LogP contribution in [0.25, 0.3) is 5.69 Å². The first-order valence-corrected chi connectivity index (χ1v) is 12.8. The molecule has 0 bridgehead atoms. The van der Waals surface area contributed by atoms with Gasteiger partial charge in [0, 0.05) is 41.1 Å². The molecule has 190 valence electrons. The minimum Gasteiger partial charge on any atom is -0.383 e. The number of amidine groups is 1. The quantitative estimate of drug-likeness (QED) is 0.252. The third-order valence-corrected chi connectivity index (χ3v) is 6.88. The molecule has 1 heterocycles. The Hall–Kier alpha value is -3.89. The molecule has 0 spiro atoms. The molecular formula is C26H33N7O2S. The Bertz CT molecular complexity index is 1380. The summed E-state index contributed by atoms with van der Waals surface area (Å²) < 4.78 is 30.2.